The van der Waals surface area contributed by atoms with Crippen molar-refractivity contribution in [2.75, 3.05) is 26.1 Å². The number of amides is 1. The number of halogens is 1. The van der Waals surface area contributed by atoms with Crippen LogP contribution in [0.3, 0.4) is 0 Å². The van der Waals surface area contributed by atoms with Crippen molar-refractivity contribution in [2.45, 2.75) is 19.5 Å². The number of aryl methyl sites for hydroxylation is 1. The molecule has 3 aromatic rings. The van der Waals surface area contributed by atoms with Crippen LogP contribution in [0.1, 0.15) is 28.3 Å². The van der Waals surface area contributed by atoms with Crippen LogP contribution in [-0.2, 0) is 16.1 Å². The first-order valence-electron chi connectivity index (χ1n) is 11.2. The van der Waals surface area contributed by atoms with Crippen molar-refractivity contribution in [3.63, 3.8) is 0 Å². The number of ketones is 1. The Morgan fingerprint density at radius 2 is 1.69 bits per heavy atom. The fraction of sp³-hybridized carbons (Fsp3) is 0.214. The molecule has 1 aliphatic heterocycles. The van der Waals surface area contributed by atoms with E-state index in [0.717, 1.165) is 26.9 Å². The predicted molar refractivity (Wildman–Crippen MR) is 140 cm³/mol. The Balaban J connectivity index is 1.84. The molecule has 180 valence electrons. The summed E-state index contributed by atoms with van der Waals surface area (Å²) < 4.78 is 6.12. The maximum atomic E-state index is 13.3. The smallest absolute Gasteiger partial charge is 0.295 e. The van der Waals surface area contributed by atoms with Gasteiger partial charge in [-0.3, -0.25) is 9.59 Å². The van der Waals surface area contributed by atoms with E-state index in [4.69, 9.17) is 4.74 Å². The fourth-order valence-electron chi connectivity index (χ4n) is 4.22. The molecular weight excluding hydrogens is 508 g/mol. The van der Waals surface area contributed by atoms with E-state index in [2.05, 4.69) is 15.9 Å². The Morgan fingerprint density at radius 1 is 1.03 bits per heavy atom. The molecule has 1 aliphatic rings. The van der Waals surface area contributed by atoms with Crippen LogP contribution in [0, 0.1) is 6.92 Å². The molecule has 0 radical (unpaired) electrons. The number of hydrogen-bond donors (Lipinski definition) is 1. The normalized spacial score (nSPS) is 17.1. The molecule has 1 unspecified atom stereocenters. The number of methoxy groups -OCH3 is 1. The third-order valence-corrected chi connectivity index (χ3v) is 7.10. The molecule has 0 aromatic heterocycles. The maximum absolute atomic E-state index is 13.3. The van der Waals surface area contributed by atoms with Gasteiger partial charge in [-0.25, -0.2) is 0 Å². The third kappa shape index (κ3) is 4.82. The average molecular weight is 535 g/mol. The summed E-state index contributed by atoms with van der Waals surface area (Å²) in [6, 6.07) is 19.6. The van der Waals surface area contributed by atoms with Gasteiger partial charge in [-0.2, -0.15) is 0 Å². The number of likely N-dealkylation sites (tertiary alicyclic amines) is 1. The summed E-state index contributed by atoms with van der Waals surface area (Å²) in [7, 11) is 5.48. The van der Waals surface area contributed by atoms with E-state index in [1.807, 2.05) is 80.5 Å². The molecule has 1 saturated heterocycles. The number of nitrogens with zero attached hydrogens (tertiary/aromatic N) is 2. The number of hydrogen-bond acceptors (Lipinski definition) is 5. The Hall–Kier alpha value is -3.58. The van der Waals surface area contributed by atoms with Gasteiger partial charge in [0.25, 0.3) is 11.7 Å². The van der Waals surface area contributed by atoms with Crippen molar-refractivity contribution in [1.29, 1.82) is 0 Å². The highest BCUT2D eigenvalue weighted by atomic mass is 79.9. The number of benzene rings is 3. The summed E-state index contributed by atoms with van der Waals surface area (Å²) in [4.78, 5) is 30.0. The zero-order valence-electron chi connectivity index (χ0n) is 20.1. The zero-order valence-corrected chi connectivity index (χ0v) is 21.7. The molecule has 4 rings (SSSR count). The maximum Gasteiger partial charge on any atom is 0.295 e. The van der Waals surface area contributed by atoms with E-state index in [9.17, 15) is 14.7 Å². The predicted octanol–water partition coefficient (Wildman–Crippen LogP) is 5.45. The van der Waals surface area contributed by atoms with Crippen molar-refractivity contribution in [2.24, 2.45) is 0 Å². The lowest BCUT2D eigenvalue weighted by Crippen LogP contribution is -2.29. The first-order valence-corrected chi connectivity index (χ1v) is 12.0. The molecule has 1 heterocycles. The van der Waals surface area contributed by atoms with Crippen molar-refractivity contribution >= 4 is 39.1 Å². The Morgan fingerprint density at radius 3 is 2.26 bits per heavy atom. The van der Waals surface area contributed by atoms with E-state index in [-0.39, 0.29) is 17.9 Å². The van der Waals surface area contributed by atoms with E-state index in [1.165, 1.54) is 4.90 Å². The van der Waals surface area contributed by atoms with Gasteiger partial charge in [0.2, 0.25) is 0 Å². The summed E-state index contributed by atoms with van der Waals surface area (Å²) in [5, 5.41) is 11.3. The molecule has 1 fully saturated rings. The van der Waals surface area contributed by atoms with Crippen LogP contribution in [0.4, 0.5) is 5.69 Å². The summed E-state index contributed by atoms with van der Waals surface area (Å²) in [5.74, 6) is -0.814. The van der Waals surface area contributed by atoms with Crippen LogP contribution in [-0.4, -0.2) is 42.9 Å². The standard InChI is InChI=1S/C28H27BrN2O4/c1-17-15-20(9-14-23(17)29)26(32)24-25(19-7-10-21(11-8-19)30(2)3)31(28(34)27(24)33)16-18-5-12-22(35-4)13-6-18/h5-15,25,32H,16H2,1-4H3/b26-24-. The van der Waals surface area contributed by atoms with Gasteiger partial charge in [-0.05, 0) is 60.0 Å². The molecule has 0 bridgehead atoms. The average Bonchev–Trinajstić information content (AvgIpc) is 3.10. The molecule has 7 heteroatoms. The summed E-state index contributed by atoms with van der Waals surface area (Å²) >= 11 is 3.47. The van der Waals surface area contributed by atoms with E-state index >= 15 is 0 Å². The second kappa shape index (κ2) is 9.96. The highest BCUT2D eigenvalue weighted by Gasteiger charge is 2.46. The molecule has 1 N–H and O–H groups in total. The number of ether oxygens (including phenoxy) is 1. The van der Waals surface area contributed by atoms with Gasteiger partial charge in [0.05, 0.1) is 18.7 Å². The molecule has 35 heavy (non-hydrogen) atoms. The lowest BCUT2D eigenvalue weighted by atomic mass is 9.94. The Kier molecular flexibility index (Phi) is 6.98. The number of carbonyl (C=O) groups excluding carboxylic acids is 2. The van der Waals surface area contributed by atoms with Gasteiger partial charge in [0, 0.05) is 36.4 Å². The summed E-state index contributed by atoms with van der Waals surface area (Å²) in [5.41, 5.74) is 4.07. The van der Waals surface area contributed by atoms with Crippen molar-refractivity contribution in [3.05, 3.63) is 99.0 Å². The van der Waals surface area contributed by atoms with Gasteiger partial charge < -0.3 is 19.6 Å². The fourth-order valence-corrected chi connectivity index (χ4v) is 4.47. The minimum Gasteiger partial charge on any atom is -0.507 e. The largest absolute Gasteiger partial charge is 0.507 e. The minimum atomic E-state index is -0.725. The molecular formula is C28H27BrN2O4. The van der Waals surface area contributed by atoms with E-state index in [0.29, 0.717) is 11.3 Å². The van der Waals surface area contributed by atoms with Gasteiger partial charge in [-0.1, -0.05) is 46.3 Å². The lowest BCUT2D eigenvalue weighted by molar-refractivity contribution is -0.140. The quantitative estimate of drug-likeness (QED) is 0.258. The third-order valence-electron chi connectivity index (χ3n) is 6.21. The van der Waals surface area contributed by atoms with Crippen LogP contribution in [0.25, 0.3) is 5.76 Å². The lowest BCUT2D eigenvalue weighted by Gasteiger charge is -2.26. The second-order valence-electron chi connectivity index (χ2n) is 8.72. The van der Waals surface area contributed by atoms with E-state index in [1.54, 1.807) is 19.2 Å². The number of aliphatic hydroxyl groups excluding tert-OH is 1. The molecule has 6 nitrogen and oxygen atoms in total. The number of anilines is 1. The van der Waals surface area contributed by atoms with Crippen molar-refractivity contribution < 1.29 is 19.4 Å². The monoisotopic (exact) mass is 534 g/mol. The van der Waals surface area contributed by atoms with Crippen molar-refractivity contribution in [3.8, 4) is 5.75 Å². The second-order valence-corrected chi connectivity index (χ2v) is 9.58. The zero-order chi connectivity index (χ0) is 25.3. The highest BCUT2D eigenvalue weighted by Crippen LogP contribution is 2.41. The molecule has 0 aliphatic carbocycles. The molecule has 3 aromatic carbocycles. The molecule has 1 atom stereocenters. The Labute approximate surface area is 213 Å². The van der Waals surface area contributed by atoms with Crippen LogP contribution in [0.2, 0.25) is 0 Å². The van der Waals surface area contributed by atoms with Gasteiger partial charge >= 0.3 is 0 Å². The number of Topliss-reactive ketones (excluding diaryl/α,β-unsaturated/α-hetero) is 1. The molecule has 1 amide bonds. The van der Waals surface area contributed by atoms with Gasteiger partial charge in [0.15, 0.2) is 0 Å². The summed E-state index contributed by atoms with van der Waals surface area (Å²) in [6.45, 7) is 2.12. The van der Waals surface area contributed by atoms with Crippen LogP contribution < -0.4 is 9.64 Å². The van der Waals surface area contributed by atoms with E-state index < -0.39 is 17.7 Å². The van der Waals surface area contributed by atoms with Crippen LogP contribution in [0.5, 0.6) is 5.75 Å². The number of aliphatic hydroxyl groups is 1. The first kappa shape index (κ1) is 24.5. The van der Waals surface area contributed by atoms with Crippen LogP contribution in [0.15, 0.2) is 76.8 Å². The molecule has 0 saturated carbocycles. The number of rotatable bonds is 6. The van der Waals surface area contributed by atoms with Gasteiger partial charge in [-0.15, -0.1) is 0 Å². The topological polar surface area (TPSA) is 70.1 Å². The van der Waals surface area contributed by atoms with Crippen LogP contribution >= 0.6 is 15.9 Å². The summed E-state index contributed by atoms with van der Waals surface area (Å²) in [6.07, 6.45) is 0. The SMILES string of the molecule is COc1ccc(CN2C(=O)C(=O)/C(=C(\O)c3ccc(Br)c(C)c3)C2c2ccc(N(C)C)cc2)cc1. The first-order chi connectivity index (χ1) is 16.7. The highest BCUT2D eigenvalue weighted by molar-refractivity contribution is 9.10. The minimum absolute atomic E-state index is 0.0860. The van der Waals surface area contributed by atoms with Gasteiger partial charge in [0.1, 0.15) is 11.5 Å². The Bertz CT molecular complexity index is 1300. The number of carbonyl (C=O) groups is 2. The molecule has 0 spiro atoms. The van der Waals surface area contributed by atoms with Crippen molar-refractivity contribution in [1.82, 2.24) is 4.90 Å².